The summed E-state index contributed by atoms with van der Waals surface area (Å²) in [5, 5.41) is 4.09. The van der Waals surface area contributed by atoms with Gasteiger partial charge in [-0.15, -0.1) is 0 Å². The van der Waals surface area contributed by atoms with E-state index in [0.717, 1.165) is 30.7 Å². The van der Waals surface area contributed by atoms with Crippen LogP contribution in [0, 0.1) is 0 Å². The summed E-state index contributed by atoms with van der Waals surface area (Å²) in [6.45, 7) is 0. The Morgan fingerprint density at radius 2 is 1.85 bits per heavy atom. The minimum Gasteiger partial charge on any atom is -0.495 e. The number of ether oxygens (including phenoxy) is 3. The molecule has 2 atom stereocenters. The molecule has 1 aromatic carbocycles. The van der Waals surface area contributed by atoms with Crippen LogP contribution in [0.25, 0.3) is 0 Å². The highest BCUT2D eigenvalue weighted by molar-refractivity contribution is 6.32. The highest BCUT2D eigenvalue weighted by Crippen LogP contribution is 2.37. The third-order valence-corrected chi connectivity index (χ3v) is 4.09. The lowest BCUT2D eigenvalue weighted by Gasteiger charge is -2.30. The van der Waals surface area contributed by atoms with Crippen molar-refractivity contribution in [1.82, 2.24) is 0 Å². The molecule has 1 aliphatic carbocycles. The molecule has 0 saturated heterocycles. The Kier molecular flexibility index (Phi) is 5.38. The second kappa shape index (κ2) is 7.04. The maximum Gasteiger partial charge on any atom is 0.145 e. The Morgan fingerprint density at radius 1 is 1.10 bits per heavy atom. The first-order valence-electron chi connectivity index (χ1n) is 6.88. The Labute approximate surface area is 125 Å². The zero-order chi connectivity index (χ0) is 14.5. The summed E-state index contributed by atoms with van der Waals surface area (Å²) in [5.74, 6) is 1.36. The van der Waals surface area contributed by atoms with Crippen molar-refractivity contribution in [3.63, 3.8) is 0 Å². The lowest BCUT2D eigenvalue weighted by atomic mass is 9.92. The predicted molar refractivity (Wildman–Crippen MR) is 81.2 cm³/mol. The van der Waals surface area contributed by atoms with Crippen LogP contribution >= 0.6 is 11.6 Å². The summed E-state index contributed by atoms with van der Waals surface area (Å²) < 4.78 is 16.1. The maximum atomic E-state index is 6.19. The number of nitrogens with one attached hydrogen (secondary N) is 1. The van der Waals surface area contributed by atoms with Crippen molar-refractivity contribution in [1.29, 1.82) is 0 Å². The van der Waals surface area contributed by atoms with Crippen LogP contribution in [0.15, 0.2) is 12.1 Å². The lowest BCUT2D eigenvalue weighted by Crippen LogP contribution is -2.31. The molecule has 2 unspecified atom stereocenters. The molecular weight excluding hydrogens is 278 g/mol. The quantitative estimate of drug-likeness (QED) is 0.899. The van der Waals surface area contributed by atoms with Crippen LogP contribution in [-0.2, 0) is 4.74 Å². The molecule has 20 heavy (non-hydrogen) atoms. The normalized spacial score (nSPS) is 22.4. The van der Waals surface area contributed by atoms with Crippen LogP contribution in [-0.4, -0.2) is 33.5 Å². The van der Waals surface area contributed by atoms with E-state index in [1.54, 1.807) is 27.4 Å². The summed E-state index contributed by atoms with van der Waals surface area (Å²) in [7, 11) is 5.02. The minimum atomic E-state index is 0.334. The molecule has 1 fully saturated rings. The van der Waals surface area contributed by atoms with E-state index in [-0.39, 0.29) is 0 Å². The van der Waals surface area contributed by atoms with Gasteiger partial charge in [0, 0.05) is 19.2 Å². The molecule has 2 rings (SSSR count). The molecule has 0 bridgehead atoms. The Balaban J connectivity index is 2.13. The molecule has 1 aromatic rings. The number of hydrogen-bond donors (Lipinski definition) is 1. The van der Waals surface area contributed by atoms with Crippen molar-refractivity contribution < 1.29 is 14.2 Å². The number of hydrogen-bond acceptors (Lipinski definition) is 4. The largest absolute Gasteiger partial charge is 0.495 e. The van der Waals surface area contributed by atoms with E-state index >= 15 is 0 Å². The number of methoxy groups -OCH3 is 3. The van der Waals surface area contributed by atoms with Crippen molar-refractivity contribution in [3.05, 3.63) is 17.2 Å². The molecular formula is C15H22ClNO3. The van der Waals surface area contributed by atoms with E-state index in [1.165, 1.54) is 6.42 Å². The average Bonchev–Trinajstić information content (AvgIpc) is 2.48. The van der Waals surface area contributed by atoms with Crippen LogP contribution in [0.4, 0.5) is 5.69 Å². The molecule has 0 amide bonds. The SMILES string of the molecule is COc1cc(OC)c(NC2CCCC(OC)C2)cc1Cl. The van der Waals surface area contributed by atoms with E-state index in [0.29, 0.717) is 22.9 Å². The molecule has 1 saturated carbocycles. The fourth-order valence-corrected chi connectivity index (χ4v) is 2.92. The van der Waals surface area contributed by atoms with Gasteiger partial charge in [-0.3, -0.25) is 0 Å². The molecule has 0 heterocycles. The summed E-state index contributed by atoms with van der Waals surface area (Å²) in [4.78, 5) is 0. The Morgan fingerprint density at radius 3 is 2.50 bits per heavy atom. The molecule has 5 heteroatoms. The van der Waals surface area contributed by atoms with Crippen molar-refractivity contribution in [2.75, 3.05) is 26.6 Å². The van der Waals surface area contributed by atoms with Crippen LogP contribution in [0.2, 0.25) is 5.02 Å². The van der Waals surface area contributed by atoms with E-state index in [1.807, 2.05) is 6.07 Å². The van der Waals surface area contributed by atoms with Gasteiger partial charge >= 0.3 is 0 Å². The van der Waals surface area contributed by atoms with Gasteiger partial charge in [-0.2, -0.15) is 0 Å². The second-order valence-electron chi connectivity index (χ2n) is 5.05. The van der Waals surface area contributed by atoms with Crippen molar-refractivity contribution in [2.45, 2.75) is 37.8 Å². The van der Waals surface area contributed by atoms with Gasteiger partial charge in [0.25, 0.3) is 0 Å². The molecule has 0 aliphatic heterocycles. The first-order valence-corrected chi connectivity index (χ1v) is 7.26. The minimum absolute atomic E-state index is 0.334. The molecule has 0 aromatic heterocycles. The molecule has 112 valence electrons. The molecule has 1 aliphatic rings. The molecule has 1 N–H and O–H groups in total. The van der Waals surface area contributed by atoms with Gasteiger partial charge in [-0.05, 0) is 31.7 Å². The van der Waals surface area contributed by atoms with E-state index in [2.05, 4.69) is 5.32 Å². The number of anilines is 1. The zero-order valence-corrected chi connectivity index (χ0v) is 13.0. The van der Waals surface area contributed by atoms with Gasteiger partial charge in [0.15, 0.2) is 0 Å². The average molecular weight is 300 g/mol. The third kappa shape index (κ3) is 3.49. The summed E-state index contributed by atoms with van der Waals surface area (Å²) >= 11 is 6.19. The van der Waals surface area contributed by atoms with Crippen LogP contribution in [0.5, 0.6) is 11.5 Å². The highest BCUT2D eigenvalue weighted by Gasteiger charge is 2.22. The van der Waals surface area contributed by atoms with E-state index in [9.17, 15) is 0 Å². The van der Waals surface area contributed by atoms with Gasteiger partial charge in [-0.25, -0.2) is 0 Å². The summed E-state index contributed by atoms with van der Waals surface area (Å²) in [6, 6.07) is 4.05. The number of rotatable bonds is 5. The van der Waals surface area contributed by atoms with Gasteiger partial charge in [-0.1, -0.05) is 11.6 Å². The summed E-state index contributed by atoms with van der Waals surface area (Å²) in [6.07, 6.45) is 4.77. The topological polar surface area (TPSA) is 39.7 Å². The van der Waals surface area contributed by atoms with Crippen molar-refractivity contribution in [3.8, 4) is 11.5 Å². The number of halogens is 1. The van der Waals surface area contributed by atoms with Gasteiger partial charge in [0.2, 0.25) is 0 Å². The molecule has 0 radical (unpaired) electrons. The zero-order valence-electron chi connectivity index (χ0n) is 12.2. The monoisotopic (exact) mass is 299 g/mol. The van der Waals surface area contributed by atoms with Crippen LogP contribution in [0.1, 0.15) is 25.7 Å². The molecule has 4 nitrogen and oxygen atoms in total. The Hall–Kier alpha value is -1.13. The standard InChI is InChI=1S/C15H22ClNO3/c1-18-11-6-4-5-10(7-11)17-13-8-12(16)14(19-2)9-15(13)20-3/h8-11,17H,4-7H2,1-3H3. The van der Waals surface area contributed by atoms with Gasteiger partial charge < -0.3 is 19.5 Å². The summed E-state index contributed by atoms with van der Waals surface area (Å²) in [5.41, 5.74) is 0.903. The lowest BCUT2D eigenvalue weighted by molar-refractivity contribution is 0.0669. The third-order valence-electron chi connectivity index (χ3n) is 3.79. The predicted octanol–water partition coefficient (Wildman–Crippen LogP) is 3.73. The fourth-order valence-electron chi connectivity index (χ4n) is 2.68. The first-order chi connectivity index (χ1) is 9.67. The van der Waals surface area contributed by atoms with Crippen LogP contribution < -0.4 is 14.8 Å². The van der Waals surface area contributed by atoms with Crippen LogP contribution in [0.3, 0.4) is 0 Å². The first kappa shape index (κ1) is 15.3. The fraction of sp³-hybridized carbons (Fsp3) is 0.600. The van der Waals surface area contributed by atoms with Crippen molar-refractivity contribution in [2.24, 2.45) is 0 Å². The van der Waals surface area contributed by atoms with E-state index < -0.39 is 0 Å². The van der Waals surface area contributed by atoms with Crippen molar-refractivity contribution >= 4 is 17.3 Å². The number of benzene rings is 1. The second-order valence-corrected chi connectivity index (χ2v) is 5.46. The van der Waals surface area contributed by atoms with Gasteiger partial charge in [0.1, 0.15) is 11.5 Å². The highest BCUT2D eigenvalue weighted by atomic mass is 35.5. The maximum absolute atomic E-state index is 6.19. The molecule has 0 spiro atoms. The van der Waals surface area contributed by atoms with E-state index in [4.69, 9.17) is 25.8 Å². The Bertz CT molecular complexity index is 453. The smallest absolute Gasteiger partial charge is 0.145 e. The van der Waals surface area contributed by atoms with Gasteiger partial charge in [0.05, 0.1) is 31.0 Å².